The van der Waals surface area contributed by atoms with E-state index in [1.165, 1.54) is 5.56 Å². The summed E-state index contributed by atoms with van der Waals surface area (Å²) in [6, 6.07) is 7.98. The van der Waals surface area contributed by atoms with Crippen LogP contribution in [0.3, 0.4) is 0 Å². The van der Waals surface area contributed by atoms with Gasteiger partial charge in [-0.2, -0.15) is 0 Å². The second-order valence-electron chi connectivity index (χ2n) is 8.22. The van der Waals surface area contributed by atoms with Gasteiger partial charge in [0.25, 0.3) is 0 Å². The van der Waals surface area contributed by atoms with E-state index in [0.717, 1.165) is 18.4 Å². The molecule has 1 aliphatic rings. The molecule has 1 aromatic rings. The van der Waals surface area contributed by atoms with Crippen LogP contribution in [0.2, 0.25) is 0 Å². The van der Waals surface area contributed by atoms with Crippen molar-refractivity contribution < 1.29 is 14.7 Å². The molecule has 0 aliphatic heterocycles. The van der Waals surface area contributed by atoms with Crippen LogP contribution in [-0.2, 0) is 4.79 Å². The first-order valence-electron chi connectivity index (χ1n) is 9.03. The molecule has 0 radical (unpaired) electrons. The Hall–Kier alpha value is -2.04. The summed E-state index contributed by atoms with van der Waals surface area (Å²) >= 11 is 0. The molecule has 0 heterocycles. The summed E-state index contributed by atoms with van der Waals surface area (Å²) in [6.07, 6.45) is 2.69. The Labute approximate surface area is 150 Å². The average Bonchev–Trinajstić information content (AvgIpc) is 2.52. The Balaban J connectivity index is 1.98. The number of carboxylic acid groups (broad SMARTS) is 1. The van der Waals surface area contributed by atoms with Gasteiger partial charge in [-0.1, -0.05) is 50.6 Å². The summed E-state index contributed by atoms with van der Waals surface area (Å²) < 4.78 is 0. The van der Waals surface area contributed by atoms with Crippen LogP contribution in [0.1, 0.15) is 63.6 Å². The van der Waals surface area contributed by atoms with Gasteiger partial charge in [0.05, 0.1) is 12.0 Å². The first-order valence-corrected chi connectivity index (χ1v) is 9.03. The maximum Gasteiger partial charge on any atom is 0.315 e. The Morgan fingerprint density at radius 1 is 1.16 bits per heavy atom. The molecule has 138 valence electrons. The molecule has 25 heavy (non-hydrogen) atoms. The fourth-order valence-electron chi connectivity index (χ4n) is 3.49. The van der Waals surface area contributed by atoms with Crippen molar-refractivity contribution in [1.82, 2.24) is 10.6 Å². The summed E-state index contributed by atoms with van der Waals surface area (Å²) in [5, 5.41) is 15.2. The summed E-state index contributed by atoms with van der Waals surface area (Å²) in [5.41, 5.74) is 2.14. The van der Waals surface area contributed by atoms with Crippen LogP contribution in [0.25, 0.3) is 0 Å². The number of carbonyl (C=O) groups excluding carboxylic acids is 1. The van der Waals surface area contributed by atoms with Gasteiger partial charge in [-0.05, 0) is 43.6 Å². The smallest absolute Gasteiger partial charge is 0.315 e. The summed E-state index contributed by atoms with van der Waals surface area (Å²) in [5.74, 6) is -0.995. The van der Waals surface area contributed by atoms with Gasteiger partial charge in [0, 0.05) is 6.04 Å². The molecular weight excluding hydrogens is 316 g/mol. The second kappa shape index (κ2) is 7.89. The van der Waals surface area contributed by atoms with Crippen LogP contribution >= 0.6 is 0 Å². The fraction of sp³-hybridized carbons (Fsp3) is 0.600. The van der Waals surface area contributed by atoms with Gasteiger partial charge < -0.3 is 15.7 Å². The van der Waals surface area contributed by atoms with Gasteiger partial charge in [0.2, 0.25) is 0 Å². The lowest BCUT2D eigenvalue weighted by atomic mass is 9.82. The van der Waals surface area contributed by atoms with Crippen molar-refractivity contribution in [1.29, 1.82) is 0 Å². The van der Waals surface area contributed by atoms with Gasteiger partial charge >= 0.3 is 12.0 Å². The van der Waals surface area contributed by atoms with Gasteiger partial charge in [-0.15, -0.1) is 0 Å². The van der Waals surface area contributed by atoms with E-state index in [9.17, 15) is 9.59 Å². The minimum absolute atomic E-state index is 0.0497. The van der Waals surface area contributed by atoms with Crippen molar-refractivity contribution in [2.45, 2.75) is 65.5 Å². The standard InChI is InChI=1S/C20H30N2O3/c1-13-6-5-7-15(12-13)17(20(2,3)4)22-19(25)21-16-10-8-14(9-11-16)18(23)24/h5-7,12,14,16-17H,8-11H2,1-4H3,(H,23,24)(H2,21,22,25). The van der Waals surface area contributed by atoms with E-state index in [1.54, 1.807) is 0 Å². The molecule has 1 unspecified atom stereocenters. The number of aliphatic carboxylic acids is 1. The molecule has 2 amide bonds. The molecule has 5 heteroatoms. The number of rotatable bonds is 4. The molecule has 1 fully saturated rings. The number of aryl methyl sites for hydroxylation is 1. The Kier molecular flexibility index (Phi) is 6.09. The lowest BCUT2D eigenvalue weighted by molar-refractivity contribution is -0.142. The first kappa shape index (κ1) is 19.3. The number of benzene rings is 1. The van der Waals surface area contributed by atoms with Crippen molar-refractivity contribution >= 4 is 12.0 Å². The van der Waals surface area contributed by atoms with Crippen LogP contribution in [0.4, 0.5) is 4.79 Å². The molecule has 1 aliphatic carbocycles. The van der Waals surface area contributed by atoms with E-state index in [-0.39, 0.29) is 29.4 Å². The van der Waals surface area contributed by atoms with E-state index in [4.69, 9.17) is 5.11 Å². The normalized spacial score (nSPS) is 22.1. The van der Waals surface area contributed by atoms with Crippen LogP contribution in [-0.4, -0.2) is 23.1 Å². The highest BCUT2D eigenvalue weighted by molar-refractivity contribution is 5.75. The second-order valence-corrected chi connectivity index (χ2v) is 8.22. The largest absolute Gasteiger partial charge is 0.481 e. The molecule has 1 atom stereocenters. The number of hydrogen-bond acceptors (Lipinski definition) is 2. The SMILES string of the molecule is Cc1cccc(C(NC(=O)NC2CCC(C(=O)O)CC2)C(C)(C)C)c1. The van der Waals surface area contributed by atoms with Gasteiger partial charge in [-0.25, -0.2) is 4.79 Å². The topological polar surface area (TPSA) is 78.4 Å². The molecular formula is C20H30N2O3. The van der Waals surface area contributed by atoms with Crippen molar-refractivity contribution in [3.63, 3.8) is 0 Å². The van der Waals surface area contributed by atoms with Crippen molar-refractivity contribution in [2.75, 3.05) is 0 Å². The third-order valence-corrected chi connectivity index (χ3v) is 4.93. The molecule has 2 rings (SSSR count). The van der Waals surface area contributed by atoms with Gasteiger partial charge in [-0.3, -0.25) is 4.79 Å². The van der Waals surface area contributed by atoms with Crippen LogP contribution in [0, 0.1) is 18.3 Å². The maximum absolute atomic E-state index is 12.5. The summed E-state index contributed by atoms with van der Waals surface area (Å²) in [7, 11) is 0. The zero-order valence-corrected chi connectivity index (χ0v) is 15.6. The molecule has 1 aromatic carbocycles. The minimum Gasteiger partial charge on any atom is -0.481 e. The van der Waals surface area contributed by atoms with Crippen LogP contribution in [0.5, 0.6) is 0 Å². The maximum atomic E-state index is 12.5. The van der Waals surface area contributed by atoms with Gasteiger partial charge in [0.1, 0.15) is 0 Å². The number of carbonyl (C=O) groups is 2. The number of amides is 2. The van der Waals surface area contributed by atoms with E-state index in [1.807, 2.05) is 25.1 Å². The lowest BCUT2D eigenvalue weighted by Gasteiger charge is -2.33. The molecule has 0 saturated heterocycles. The summed E-state index contributed by atoms with van der Waals surface area (Å²) in [6.45, 7) is 8.37. The van der Waals surface area contributed by atoms with Gasteiger partial charge in [0.15, 0.2) is 0 Å². The number of carboxylic acids is 1. The molecule has 0 spiro atoms. The third-order valence-electron chi connectivity index (χ3n) is 4.93. The minimum atomic E-state index is -0.727. The predicted molar refractivity (Wildman–Crippen MR) is 98.4 cm³/mol. The number of urea groups is 1. The number of hydrogen-bond donors (Lipinski definition) is 3. The third kappa shape index (κ3) is 5.48. The highest BCUT2D eigenvalue weighted by Crippen LogP contribution is 2.33. The van der Waals surface area contributed by atoms with E-state index in [0.29, 0.717) is 12.8 Å². The van der Waals surface area contributed by atoms with Crippen molar-refractivity contribution in [2.24, 2.45) is 11.3 Å². The summed E-state index contributed by atoms with van der Waals surface area (Å²) in [4.78, 5) is 23.5. The molecule has 0 bridgehead atoms. The molecule has 0 aromatic heterocycles. The van der Waals surface area contributed by atoms with Crippen LogP contribution in [0.15, 0.2) is 24.3 Å². The Bertz CT molecular complexity index is 614. The average molecular weight is 346 g/mol. The monoisotopic (exact) mass is 346 g/mol. The predicted octanol–water partition coefficient (Wildman–Crippen LogP) is 4.02. The highest BCUT2D eigenvalue weighted by atomic mass is 16.4. The Morgan fingerprint density at radius 3 is 2.32 bits per heavy atom. The highest BCUT2D eigenvalue weighted by Gasteiger charge is 2.30. The van der Waals surface area contributed by atoms with Crippen molar-refractivity contribution in [3.05, 3.63) is 35.4 Å². The van der Waals surface area contributed by atoms with E-state index >= 15 is 0 Å². The molecule has 3 N–H and O–H groups in total. The lowest BCUT2D eigenvalue weighted by Crippen LogP contribution is -2.47. The number of nitrogens with one attached hydrogen (secondary N) is 2. The van der Waals surface area contributed by atoms with E-state index < -0.39 is 5.97 Å². The molecule has 1 saturated carbocycles. The fourth-order valence-corrected chi connectivity index (χ4v) is 3.49. The zero-order valence-electron chi connectivity index (χ0n) is 15.6. The Morgan fingerprint density at radius 2 is 1.80 bits per heavy atom. The first-order chi connectivity index (χ1) is 11.7. The molecule has 5 nitrogen and oxygen atoms in total. The quantitative estimate of drug-likeness (QED) is 0.770. The van der Waals surface area contributed by atoms with Crippen LogP contribution < -0.4 is 10.6 Å². The zero-order chi connectivity index (χ0) is 18.6. The van der Waals surface area contributed by atoms with E-state index in [2.05, 4.69) is 37.5 Å². The van der Waals surface area contributed by atoms with Crippen molar-refractivity contribution in [3.8, 4) is 0 Å².